The first kappa shape index (κ1) is 58.6. The molecule has 62 heavy (non-hydrogen) atoms. The Morgan fingerprint density at radius 1 is 0.355 bits per heavy atom. The van der Waals surface area contributed by atoms with Crippen LogP contribution >= 0.6 is 0 Å². The Kier molecular flexibility index (Phi) is 47.5. The van der Waals surface area contributed by atoms with Crippen molar-refractivity contribution in [2.45, 2.75) is 239 Å². The molecule has 0 bridgehead atoms. The van der Waals surface area contributed by atoms with Crippen LogP contribution in [0.1, 0.15) is 233 Å². The summed E-state index contributed by atoms with van der Waals surface area (Å²) >= 11 is 0. The van der Waals surface area contributed by atoms with Crippen molar-refractivity contribution in [2.24, 2.45) is 0 Å². The second kappa shape index (κ2) is 50.2. The summed E-state index contributed by atoms with van der Waals surface area (Å²) in [6.45, 7) is 6.40. The van der Waals surface area contributed by atoms with E-state index >= 15 is 0 Å². The molecule has 0 aliphatic carbocycles. The van der Waals surface area contributed by atoms with E-state index in [-0.39, 0.29) is 37.5 Å². The number of rotatable bonds is 45. The van der Waals surface area contributed by atoms with E-state index in [0.717, 1.165) is 96.3 Å². The largest absolute Gasteiger partial charge is 0.462 e. The maximum Gasteiger partial charge on any atom is 0.306 e. The van der Waals surface area contributed by atoms with Crippen LogP contribution in [0.15, 0.2) is 85.1 Å². The standard InChI is InChI=1S/C56H94O6/c1-4-7-10-13-16-19-22-25-26-27-28-29-32-34-37-40-43-46-49-55(58)61-52-53(62-56(59)50-47-44-41-38-35-31-24-21-18-15-12-9-6-3)51-60-54(57)48-45-42-39-36-33-30-23-20-17-14-11-8-5-2/h9,12,15,18,21,24,26-30,33,39,42,53H,4-8,10-11,13-14,16-17,19-20,22-23,25,31-32,34-38,40-41,43-52H2,1-3H3/b12-9+,18-15+,24-21+,27-26+,29-28+,33-30+,42-39+. The van der Waals surface area contributed by atoms with Crippen molar-refractivity contribution in [3.05, 3.63) is 85.1 Å². The zero-order valence-corrected chi connectivity index (χ0v) is 40.4. The average Bonchev–Trinajstić information content (AvgIpc) is 3.27. The Morgan fingerprint density at radius 2 is 0.726 bits per heavy atom. The van der Waals surface area contributed by atoms with Crippen LogP contribution in [0.3, 0.4) is 0 Å². The highest BCUT2D eigenvalue weighted by atomic mass is 16.6. The summed E-state index contributed by atoms with van der Waals surface area (Å²) in [7, 11) is 0. The van der Waals surface area contributed by atoms with Crippen molar-refractivity contribution in [3.8, 4) is 0 Å². The molecule has 6 heteroatoms. The summed E-state index contributed by atoms with van der Waals surface area (Å²) in [5.74, 6) is -1.02. The fourth-order valence-electron chi connectivity index (χ4n) is 6.84. The summed E-state index contributed by atoms with van der Waals surface area (Å²) in [4.78, 5) is 37.9. The molecule has 0 spiro atoms. The van der Waals surface area contributed by atoms with Crippen LogP contribution in [0.5, 0.6) is 0 Å². The van der Waals surface area contributed by atoms with Crippen molar-refractivity contribution in [2.75, 3.05) is 13.2 Å². The highest BCUT2D eigenvalue weighted by Gasteiger charge is 2.19. The lowest BCUT2D eigenvalue weighted by atomic mass is 10.1. The Balaban J connectivity index is 4.48. The molecule has 1 unspecified atom stereocenters. The molecule has 0 amide bonds. The molecule has 0 saturated carbocycles. The molecule has 0 N–H and O–H groups in total. The van der Waals surface area contributed by atoms with Crippen LogP contribution in [0.2, 0.25) is 0 Å². The molecule has 6 nitrogen and oxygen atoms in total. The summed E-state index contributed by atoms with van der Waals surface area (Å²) in [6.07, 6.45) is 64.4. The number of hydrogen-bond donors (Lipinski definition) is 0. The van der Waals surface area contributed by atoms with E-state index in [1.807, 2.05) is 6.08 Å². The summed E-state index contributed by atoms with van der Waals surface area (Å²) in [5.41, 5.74) is 0. The zero-order valence-electron chi connectivity index (χ0n) is 40.4. The Morgan fingerprint density at radius 3 is 1.21 bits per heavy atom. The number of esters is 3. The molecule has 0 aliphatic rings. The second-order valence-corrected chi connectivity index (χ2v) is 16.8. The minimum atomic E-state index is -0.816. The lowest BCUT2D eigenvalue weighted by Gasteiger charge is -2.18. The molecule has 0 rings (SSSR count). The molecule has 0 aliphatic heterocycles. The number of ether oxygens (including phenoxy) is 3. The van der Waals surface area contributed by atoms with Gasteiger partial charge in [0.05, 0.1) is 0 Å². The van der Waals surface area contributed by atoms with Crippen molar-refractivity contribution in [1.82, 2.24) is 0 Å². The fraction of sp³-hybridized carbons (Fsp3) is 0.696. The van der Waals surface area contributed by atoms with Gasteiger partial charge in [0, 0.05) is 19.3 Å². The SMILES string of the molecule is CC/C=C/C=C/C=C/CCCCCCCC(=O)OC(COC(=O)CC/C=C/C/C=C/CCCCCCCC)COC(=O)CCCCCCC/C=C/C=C/CCCCCCCCC. The minimum absolute atomic E-state index is 0.111. The third-order valence-corrected chi connectivity index (χ3v) is 10.7. The normalized spacial score (nSPS) is 12.8. The van der Waals surface area contributed by atoms with Gasteiger partial charge in [-0.3, -0.25) is 14.4 Å². The highest BCUT2D eigenvalue weighted by molar-refractivity contribution is 5.71. The second-order valence-electron chi connectivity index (χ2n) is 16.8. The molecule has 1 atom stereocenters. The van der Waals surface area contributed by atoms with Gasteiger partial charge in [0.15, 0.2) is 6.10 Å². The lowest BCUT2D eigenvalue weighted by Crippen LogP contribution is -2.30. The number of allylic oxidation sites excluding steroid dienone is 14. The first-order valence-corrected chi connectivity index (χ1v) is 25.6. The van der Waals surface area contributed by atoms with Crippen molar-refractivity contribution in [1.29, 1.82) is 0 Å². The van der Waals surface area contributed by atoms with Gasteiger partial charge in [0.1, 0.15) is 13.2 Å². The first-order chi connectivity index (χ1) is 30.5. The Labute approximate surface area is 382 Å². The predicted octanol–water partition coefficient (Wildman–Crippen LogP) is 16.8. The summed E-state index contributed by atoms with van der Waals surface area (Å²) in [5, 5.41) is 0. The number of carbonyl (C=O) groups excluding carboxylic acids is 3. The number of hydrogen-bond acceptors (Lipinski definition) is 6. The van der Waals surface area contributed by atoms with Crippen LogP contribution in [0.25, 0.3) is 0 Å². The van der Waals surface area contributed by atoms with Crippen LogP contribution in [-0.4, -0.2) is 37.2 Å². The monoisotopic (exact) mass is 863 g/mol. The highest BCUT2D eigenvalue weighted by Crippen LogP contribution is 2.13. The van der Waals surface area contributed by atoms with Gasteiger partial charge in [-0.1, -0.05) is 215 Å². The van der Waals surface area contributed by atoms with Gasteiger partial charge >= 0.3 is 17.9 Å². The molecule has 0 fully saturated rings. The van der Waals surface area contributed by atoms with E-state index in [2.05, 4.69) is 99.8 Å². The molecule has 0 radical (unpaired) electrons. The van der Waals surface area contributed by atoms with Crippen molar-refractivity contribution < 1.29 is 28.6 Å². The van der Waals surface area contributed by atoms with E-state index in [1.165, 1.54) is 89.9 Å². The number of unbranched alkanes of at least 4 members (excludes halogenated alkanes) is 23. The lowest BCUT2D eigenvalue weighted by molar-refractivity contribution is -0.166. The minimum Gasteiger partial charge on any atom is -0.462 e. The molecule has 0 aromatic rings. The van der Waals surface area contributed by atoms with E-state index in [1.54, 1.807) is 0 Å². The quantitative estimate of drug-likeness (QED) is 0.0199. The van der Waals surface area contributed by atoms with Crippen LogP contribution in [0, 0.1) is 0 Å². The summed E-state index contributed by atoms with van der Waals surface area (Å²) < 4.78 is 16.7. The maximum absolute atomic E-state index is 12.8. The van der Waals surface area contributed by atoms with Crippen LogP contribution < -0.4 is 0 Å². The Bertz CT molecular complexity index is 1220. The molecule has 354 valence electrons. The zero-order chi connectivity index (χ0) is 45.1. The maximum atomic E-state index is 12.8. The molecule has 0 aromatic heterocycles. The van der Waals surface area contributed by atoms with Gasteiger partial charge in [-0.05, 0) is 83.5 Å². The van der Waals surface area contributed by atoms with Crippen LogP contribution in [-0.2, 0) is 28.6 Å². The van der Waals surface area contributed by atoms with Gasteiger partial charge in [0.2, 0.25) is 0 Å². The molecule has 0 saturated heterocycles. The molecular formula is C56H94O6. The molecular weight excluding hydrogens is 769 g/mol. The smallest absolute Gasteiger partial charge is 0.306 e. The predicted molar refractivity (Wildman–Crippen MR) is 265 cm³/mol. The first-order valence-electron chi connectivity index (χ1n) is 25.6. The fourth-order valence-corrected chi connectivity index (χ4v) is 6.84. The van der Waals surface area contributed by atoms with Gasteiger partial charge in [-0.25, -0.2) is 0 Å². The third kappa shape index (κ3) is 47.6. The Hall–Kier alpha value is -3.41. The average molecular weight is 863 g/mol. The van der Waals surface area contributed by atoms with Gasteiger partial charge in [0.25, 0.3) is 0 Å². The van der Waals surface area contributed by atoms with E-state index < -0.39 is 6.10 Å². The van der Waals surface area contributed by atoms with Crippen molar-refractivity contribution >= 4 is 17.9 Å². The summed E-state index contributed by atoms with van der Waals surface area (Å²) in [6, 6.07) is 0. The molecule has 0 heterocycles. The van der Waals surface area contributed by atoms with E-state index in [0.29, 0.717) is 19.3 Å². The molecule has 0 aromatic carbocycles. The van der Waals surface area contributed by atoms with E-state index in [9.17, 15) is 14.4 Å². The van der Waals surface area contributed by atoms with Gasteiger partial charge in [-0.2, -0.15) is 0 Å². The van der Waals surface area contributed by atoms with Crippen LogP contribution in [0.4, 0.5) is 0 Å². The third-order valence-electron chi connectivity index (χ3n) is 10.7. The number of carbonyl (C=O) groups is 3. The van der Waals surface area contributed by atoms with Gasteiger partial charge < -0.3 is 14.2 Å². The topological polar surface area (TPSA) is 78.9 Å². The van der Waals surface area contributed by atoms with E-state index in [4.69, 9.17) is 14.2 Å². The van der Waals surface area contributed by atoms with Gasteiger partial charge in [-0.15, -0.1) is 0 Å². The van der Waals surface area contributed by atoms with Crippen molar-refractivity contribution in [3.63, 3.8) is 0 Å².